The second-order valence-electron chi connectivity index (χ2n) is 12.1. The zero-order valence-corrected chi connectivity index (χ0v) is 27.6. The Morgan fingerprint density at radius 1 is 0.829 bits per heavy atom. The first-order valence-electron chi connectivity index (χ1n) is 16.6. The van der Waals surface area contributed by atoms with Gasteiger partial charge in [0.1, 0.15) is 25.8 Å². The molecule has 0 radical (unpaired) electrons. The number of carbonyl (C=O) groups is 1. The van der Waals surface area contributed by atoms with Crippen molar-refractivity contribution >= 4 is 16.1 Å². The number of alkyl carbamates (subject to hydrolysis) is 1. The highest BCUT2D eigenvalue weighted by atomic mass is 32.2. The summed E-state index contributed by atoms with van der Waals surface area (Å²) in [5.41, 5.74) is 0. The maximum absolute atomic E-state index is 12.4. The first-order valence-corrected chi connectivity index (χ1v) is 18.3. The number of quaternary nitrogens is 1. The molecule has 9 nitrogen and oxygen atoms in total. The summed E-state index contributed by atoms with van der Waals surface area (Å²) in [6.07, 6.45) is 20.6. The van der Waals surface area contributed by atoms with Crippen molar-refractivity contribution in [3.63, 3.8) is 0 Å². The van der Waals surface area contributed by atoms with Crippen molar-refractivity contribution in [2.75, 3.05) is 72.5 Å². The predicted octanol–water partition coefficient (Wildman–Crippen LogP) is 5.78. The highest BCUT2D eigenvalue weighted by Gasteiger charge is 2.26. The van der Waals surface area contributed by atoms with Crippen molar-refractivity contribution in [3.05, 3.63) is 0 Å². The molecule has 0 bridgehead atoms. The summed E-state index contributed by atoms with van der Waals surface area (Å²) in [4.78, 5) is 12.0. The van der Waals surface area contributed by atoms with E-state index in [1.165, 1.54) is 97.0 Å². The van der Waals surface area contributed by atoms with Gasteiger partial charge in [-0.2, -0.15) is 0 Å². The second-order valence-corrected chi connectivity index (χ2v) is 14.0. The Morgan fingerprint density at radius 2 is 1.34 bits per heavy atom. The molecule has 10 heteroatoms. The molecule has 0 saturated carbocycles. The Morgan fingerprint density at radius 3 is 1.85 bits per heavy atom. The molecule has 41 heavy (non-hydrogen) atoms. The number of rotatable bonds is 27. The van der Waals surface area contributed by atoms with E-state index in [2.05, 4.69) is 24.0 Å². The molecule has 1 aliphatic rings. The first kappa shape index (κ1) is 38.1. The van der Waals surface area contributed by atoms with Crippen LogP contribution >= 0.6 is 0 Å². The van der Waals surface area contributed by atoms with Gasteiger partial charge >= 0.3 is 6.09 Å². The van der Waals surface area contributed by atoms with Crippen molar-refractivity contribution in [2.24, 2.45) is 0 Å². The molecule has 0 aromatic heterocycles. The van der Waals surface area contributed by atoms with Gasteiger partial charge in [0.2, 0.25) is 10.0 Å². The minimum atomic E-state index is -3.42. The number of ether oxygens (including phenoxy) is 3. The molecule has 1 atom stereocenters. The van der Waals surface area contributed by atoms with Gasteiger partial charge in [-0.3, -0.25) is 0 Å². The molecular formula is C31H64N3O6S+. The summed E-state index contributed by atoms with van der Waals surface area (Å²) < 4.78 is 44.2. The monoisotopic (exact) mass is 606 g/mol. The zero-order chi connectivity index (χ0) is 30.1. The van der Waals surface area contributed by atoms with Crippen LogP contribution in [0.4, 0.5) is 4.79 Å². The summed E-state index contributed by atoms with van der Waals surface area (Å²) in [5.74, 6) is 0.0682. The summed E-state index contributed by atoms with van der Waals surface area (Å²) in [6, 6.07) is 0. The second kappa shape index (κ2) is 24.5. The molecule has 0 aromatic rings. The highest BCUT2D eigenvalue weighted by Crippen LogP contribution is 2.14. The Kier molecular flexibility index (Phi) is 22.8. The minimum Gasteiger partial charge on any atom is -0.447 e. The number of likely N-dealkylation sites (N-methyl/N-ethyl adjacent to an activating group) is 1. The maximum Gasteiger partial charge on any atom is 0.407 e. The van der Waals surface area contributed by atoms with E-state index in [9.17, 15) is 13.2 Å². The number of nitrogens with one attached hydrogen (secondary N) is 2. The van der Waals surface area contributed by atoms with Gasteiger partial charge in [-0.05, 0) is 6.42 Å². The van der Waals surface area contributed by atoms with Crippen LogP contribution in [0.2, 0.25) is 0 Å². The van der Waals surface area contributed by atoms with Crippen LogP contribution in [0, 0.1) is 0 Å². The summed E-state index contributed by atoms with van der Waals surface area (Å²) in [5, 5.41) is 2.78. The lowest BCUT2D eigenvalue weighted by molar-refractivity contribution is -0.916. The average molecular weight is 607 g/mol. The minimum absolute atomic E-state index is 0.00122. The van der Waals surface area contributed by atoms with Crippen LogP contribution in [0.3, 0.4) is 0 Å². The van der Waals surface area contributed by atoms with Crippen LogP contribution in [0.15, 0.2) is 0 Å². The standard InChI is InChI=1S/C31H63N3O6S/c1-4-5-6-7-8-9-10-11-12-13-14-15-16-17-18-19-21-32-31(35)40-29-30(38-3)28-33-41(36,37)27-20-22-34(2)23-25-39-26-24-34/h30,33H,4-29H2,1-3H3/p+1. The lowest BCUT2D eigenvalue weighted by Gasteiger charge is -2.37. The number of carbonyl (C=O) groups excluding carboxylic acids is 1. The van der Waals surface area contributed by atoms with Gasteiger partial charge in [0.25, 0.3) is 0 Å². The number of morpholine rings is 1. The Hall–Kier alpha value is -0.940. The SMILES string of the molecule is CCCCCCCCCCCCCCCCCCNC(=O)OCC(CNS(=O)(=O)CCC[N+]1(C)CCOCC1)OC. The number of hydrogen-bond donors (Lipinski definition) is 2. The fourth-order valence-electron chi connectivity index (χ4n) is 5.23. The molecule has 1 fully saturated rings. The van der Waals surface area contributed by atoms with Crippen molar-refractivity contribution in [3.8, 4) is 0 Å². The summed E-state index contributed by atoms with van der Waals surface area (Å²) in [7, 11) is 0.212. The van der Waals surface area contributed by atoms with Gasteiger partial charge in [-0.15, -0.1) is 0 Å². The van der Waals surface area contributed by atoms with E-state index in [0.29, 0.717) is 13.0 Å². The number of hydrogen-bond acceptors (Lipinski definition) is 6. The van der Waals surface area contributed by atoms with Gasteiger partial charge in [-0.25, -0.2) is 17.9 Å². The number of amides is 1. The molecule has 1 saturated heterocycles. The molecule has 1 aliphatic heterocycles. The maximum atomic E-state index is 12.4. The molecule has 244 valence electrons. The topological polar surface area (TPSA) is 103 Å². The van der Waals surface area contributed by atoms with Crippen LogP contribution in [-0.2, 0) is 24.2 Å². The molecular weight excluding hydrogens is 542 g/mol. The number of nitrogens with zero attached hydrogens (tertiary/aromatic N) is 1. The third kappa shape index (κ3) is 22.3. The molecule has 0 spiro atoms. The van der Waals surface area contributed by atoms with E-state index in [4.69, 9.17) is 14.2 Å². The third-order valence-corrected chi connectivity index (χ3v) is 9.66. The molecule has 1 unspecified atom stereocenters. The van der Waals surface area contributed by atoms with Crippen LogP contribution in [0.5, 0.6) is 0 Å². The first-order chi connectivity index (χ1) is 19.8. The van der Waals surface area contributed by atoms with Crippen LogP contribution in [0.25, 0.3) is 0 Å². The van der Waals surface area contributed by atoms with E-state index < -0.39 is 22.2 Å². The Bertz CT molecular complexity index is 731. The molecule has 0 aliphatic carbocycles. The fourth-order valence-corrected chi connectivity index (χ4v) is 6.32. The summed E-state index contributed by atoms with van der Waals surface area (Å²) in [6.45, 7) is 7.02. The van der Waals surface area contributed by atoms with E-state index in [-0.39, 0.29) is 18.9 Å². The van der Waals surface area contributed by atoms with E-state index in [1.54, 1.807) is 0 Å². The lowest BCUT2D eigenvalue weighted by atomic mass is 10.0. The average Bonchev–Trinajstić information content (AvgIpc) is 2.95. The van der Waals surface area contributed by atoms with Crippen molar-refractivity contribution in [2.45, 2.75) is 122 Å². The third-order valence-electron chi connectivity index (χ3n) is 8.23. The van der Waals surface area contributed by atoms with Gasteiger partial charge in [0.05, 0.1) is 32.6 Å². The van der Waals surface area contributed by atoms with E-state index in [1.807, 2.05) is 0 Å². The van der Waals surface area contributed by atoms with Crippen LogP contribution < -0.4 is 10.0 Å². The normalized spacial score (nSPS) is 16.0. The smallest absolute Gasteiger partial charge is 0.407 e. The van der Waals surface area contributed by atoms with Crippen molar-refractivity contribution in [1.82, 2.24) is 10.0 Å². The van der Waals surface area contributed by atoms with Gasteiger partial charge in [0, 0.05) is 26.6 Å². The van der Waals surface area contributed by atoms with Crippen LogP contribution in [-0.4, -0.2) is 97.6 Å². The van der Waals surface area contributed by atoms with Gasteiger partial charge in [0.15, 0.2) is 0 Å². The predicted molar refractivity (Wildman–Crippen MR) is 168 cm³/mol. The lowest BCUT2D eigenvalue weighted by Crippen LogP contribution is -2.52. The molecule has 1 heterocycles. The van der Waals surface area contributed by atoms with Gasteiger partial charge in [-0.1, -0.05) is 103 Å². The Labute approximate surface area is 252 Å². The van der Waals surface area contributed by atoms with Crippen molar-refractivity contribution in [1.29, 1.82) is 0 Å². The molecule has 0 aromatic carbocycles. The number of unbranched alkanes of at least 4 members (excludes halogenated alkanes) is 15. The molecule has 1 rings (SSSR count). The van der Waals surface area contributed by atoms with Gasteiger partial charge < -0.3 is 24.0 Å². The van der Waals surface area contributed by atoms with E-state index >= 15 is 0 Å². The zero-order valence-electron chi connectivity index (χ0n) is 26.8. The van der Waals surface area contributed by atoms with Crippen molar-refractivity contribution < 1.29 is 31.9 Å². The molecule has 1 amide bonds. The fraction of sp³-hybridized carbons (Fsp3) is 0.968. The number of methoxy groups -OCH3 is 1. The largest absolute Gasteiger partial charge is 0.447 e. The quantitative estimate of drug-likeness (QED) is 0.0909. The highest BCUT2D eigenvalue weighted by molar-refractivity contribution is 7.89. The summed E-state index contributed by atoms with van der Waals surface area (Å²) >= 11 is 0. The number of sulfonamides is 1. The van der Waals surface area contributed by atoms with E-state index in [0.717, 1.165) is 50.2 Å². The van der Waals surface area contributed by atoms with Crippen LogP contribution in [0.1, 0.15) is 116 Å². The Balaban J connectivity index is 1.95. The molecule has 2 N–H and O–H groups in total.